The largest absolute Gasteiger partial charge is 0.460 e. The standard InChI is InChI=1S/C5H10N4O2/c1-3-11-5(10)4-6-7-8-9(4)2/h7-8H,3H2,1-2H3. The number of esters is 1. The number of carbonyl (C=O) groups is 1. The van der Waals surface area contributed by atoms with Gasteiger partial charge in [-0.1, -0.05) is 0 Å². The molecule has 0 unspecified atom stereocenters. The van der Waals surface area contributed by atoms with E-state index in [0.29, 0.717) is 6.61 Å². The lowest BCUT2D eigenvalue weighted by Gasteiger charge is -2.09. The van der Waals surface area contributed by atoms with Crippen LogP contribution >= 0.6 is 0 Å². The van der Waals surface area contributed by atoms with Gasteiger partial charge < -0.3 is 4.74 Å². The minimum absolute atomic E-state index is 0.229. The van der Waals surface area contributed by atoms with Gasteiger partial charge in [0.15, 0.2) is 0 Å². The second kappa shape index (κ2) is 3.20. The van der Waals surface area contributed by atoms with E-state index in [-0.39, 0.29) is 5.84 Å². The van der Waals surface area contributed by atoms with Gasteiger partial charge in [-0.3, -0.25) is 5.01 Å². The number of carbonyl (C=O) groups excluding carboxylic acids is 1. The second-order valence-electron chi connectivity index (χ2n) is 1.94. The van der Waals surface area contributed by atoms with Crippen molar-refractivity contribution in [2.45, 2.75) is 6.92 Å². The van der Waals surface area contributed by atoms with Crippen molar-refractivity contribution in [1.29, 1.82) is 0 Å². The maximum atomic E-state index is 11.0. The van der Waals surface area contributed by atoms with E-state index in [1.54, 1.807) is 14.0 Å². The molecule has 0 radical (unpaired) electrons. The van der Waals surface area contributed by atoms with Crippen molar-refractivity contribution in [2.24, 2.45) is 5.10 Å². The average Bonchev–Trinajstić information content (AvgIpc) is 2.36. The minimum atomic E-state index is -0.438. The lowest BCUT2D eigenvalue weighted by Crippen LogP contribution is -2.40. The van der Waals surface area contributed by atoms with Crippen LogP contribution in [-0.4, -0.2) is 30.5 Å². The molecule has 6 nitrogen and oxygen atoms in total. The summed E-state index contributed by atoms with van der Waals surface area (Å²) >= 11 is 0. The third kappa shape index (κ3) is 1.58. The molecule has 62 valence electrons. The van der Waals surface area contributed by atoms with E-state index >= 15 is 0 Å². The molecule has 6 heteroatoms. The van der Waals surface area contributed by atoms with Gasteiger partial charge >= 0.3 is 5.97 Å². The molecule has 1 aliphatic heterocycles. The fourth-order valence-corrected chi connectivity index (χ4v) is 0.659. The van der Waals surface area contributed by atoms with Crippen LogP contribution in [0.25, 0.3) is 0 Å². The Bertz CT molecular complexity index is 191. The molecular weight excluding hydrogens is 148 g/mol. The Morgan fingerprint density at radius 3 is 3.00 bits per heavy atom. The normalized spacial score (nSPS) is 15.8. The molecule has 0 spiro atoms. The zero-order valence-corrected chi connectivity index (χ0v) is 6.42. The average molecular weight is 158 g/mol. The van der Waals surface area contributed by atoms with E-state index in [0.717, 1.165) is 0 Å². The van der Waals surface area contributed by atoms with Crippen molar-refractivity contribution in [3.05, 3.63) is 0 Å². The highest BCUT2D eigenvalue weighted by Gasteiger charge is 2.21. The predicted molar refractivity (Wildman–Crippen MR) is 38.1 cm³/mol. The molecule has 0 aromatic heterocycles. The smallest absolute Gasteiger partial charge is 0.377 e. The third-order valence-corrected chi connectivity index (χ3v) is 1.16. The first kappa shape index (κ1) is 7.80. The Hall–Kier alpha value is -1.30. The first-order valence-electron chi connectivity index (χ1n) is 3.25. The molecule has 11 heavy (non-hydrogen) atoms. The molecular formula is C5H10N4O2. The molecule has 0 atom stereocenters. The van der Waals surface area contributed by atoms with Gasteiger partial charge in [0.05, 0.1) is 6.61 Å². The van der Waals surface area contributed by atoms with Crippen molar-refractivity contribution in [2.75, 3.05) is 13.7 Å². The molecule has 0 aromatic carbocycles. The van der Waals surface area contributed by atoms with Crippen LogP contribution in [0.3, 0.4) is 0 Å². The van der Waals surface area contributed by atoms with Crippen molar-refractivity contribution in [3.8, 4) is 0 Å². The van der Waals surface area contributed by atoms with Gasteiger partial charge in [0.1, 0.15) is 0 Å². The van der Waals surface area contributed by atoms with Crippen LogP contribution in [-0.2, 0) is 9.53 Å². The van der Waals surface area contributed by atoms with Gasteiger partial charge in [-0.2, -0.15) is 0 Å². The number of amidine groups is 1. The number of hydrogen-bond donors (Lipinski definition) is 2. The quantitative estimate of drug-likeness (QED) is 0.495. The van der Waals surface area contributed by atoms with E-state index in [4.69, 9.17) is 4.74 Å². The Morgan fingerprint density at radius 1 is 1.82 bits per heavy atom. The Labute approximate surface area is 64.1 Å². The van der Waals surface area contributed by atoms with Crippen LogP contribution in [0.4, 0.5) is 0 Å². The maximum Gasteiger partial charge on any atom is 0.377 e. The summed E-state index contributed by atoms with van der Waals surface area (Å²) in [5.41, 5.74) is 5.01. The molecule has 1 heterocycles. The summed E-state index contributed by atoms with van der Waals surface area (Å²) in [6.07, 6.45) is 0. The molecule has 0 aromatic rings. The summed E-state index contributed by atoms with van der Waals surface area (Å²) in [6.45, 7) is 2.10. The van der Waals surface area contributed by atoms with Crippen LogP contribution in [0.2, 0.25) is 0 Å². The van der Waals surface area contributed by atoms with Gasteiger partial charge in [-0.25, -0.2) is 10.3 Å². The summed E-state index contributed by atoms with van der Waals surface area (Å²) in [5, 5.41) is 5.08. The minimum Gasteiger partial charge on any atom is -0.460 e. The van der Waals surface area contributed by atoms with Crippen LogP contribution in [0.15, 0.2) is 5.10 Å². The van der Waals surface area contributed by atoms with E-state index in [1.165, 1.54) is 5.01 Å². The molecule has 2 N–H and O–H groups in total. The fourth-order valence-electron chi connectivity index (χ4n) is 0.659. The number of nitrogens with one attached hydrogen (secondary N) is 2. The number of hydrogen-bond acceptors (Lipinski definition) is 6. The van der Waals surface area contributed by atoms with Crippen molar-refractivity contribution < 1.29 is 9.53 Å². The number of ether oxygens (including phenoxy) is 1. The fraction of sp³-hybridized carbons (Fsp3) is 0.600. The van der Waals surface area contributed by atoms with Crippen LogP contribution in [0, 0.1) is 0 Å². The predicted octanol–water partition coefficient (Wildman–Crippen LogP) is -1.18. The highest BCUT2D eigenvalue weighted by atomic mass is 16.5. The lowest BCUT2D eigenvalue weighted by atomic mass is 10.6. The summed E-state index contributed by atoms with van der Waals surface area (Å²) in [7, 11) is 1.66. The SMILES string of the molecule is CCOC(=O)C1=NNNN1C. The molecule has 0 bridgehead atoms. The zero-order chi connectivity index (χ0) is 8.27. The number of hydrazone groups is 1. The molecule has 0 fully saturated rings. The number of likely N-dealkylation sites (N-methyl/N-ethyl adjacent to an activating group) is 1. The van der Waals surface area contributed by atoms with Crippen molar-refractivity contribution in [3.63, 3.8) is 0 Å². The van der Waals surface area contributed by atoms with Crippen molar-refractivity contribution >= 4 is 11.8 Å². The first-order chi connectivity index (χ1) is 5.25. The van der Waals surface area contributed by atoms with Gasteiger partial charge in [-0.05, 0) is 6.92 Å². The van der Waals surface area contributed by atoms with Gasteiger partial charge in [0.2, 0.25) is 0 Å². The maximum absolute atomic E-state index is 11.0. The molecule has 1 rings (SSSR count). The Morgan fingerprint density at radius 2 is 2.55 bits per heavy atom. The third-order valence-electron chi connectivity index (χ3n) is 1.16. The molecule has 1 aliphatic rings. The number of rotatable bonds is 2. The van der Waals surface area contributed by atoms with Crippen LogP contribution in [0.5, 0.6) is 0 Å². The highest BCUT2D eigenvalue weighted by Crippen LogP contribution is 1.91. The van der Waals surface area contributed by atoms with E-state index in [9.17, 15) is 4.79 Å². The van der Waals surface area contributed by atoms with Gasteiger partial charge in [0, 0.05) is 7.05 Å². The zero-order valence-electron chi connectivity index (χ0n) is 6.42. The number of hydrazine groups is 2. The Balaban J connectivity index is 2.52. The molecule has 0 amide bonds. The Kier molecular flexibility index (Phi) is 2.27. The van der Waals surface area contributed by atoms with E-state index in [2.05, 4.69) is 16.2 Å². The van der Waals surface area contributed by atoms with Gasteiger partial charge in [-0.15, -0.1) is 10.6 Å². The topological polar surface area (TPSA) is 66.0 Å². The summed E-state index contributed by atoms with van der Waals surface area (Å²) in [5.74, 6) is -0.209. The van der Waals surface area contributed by atoms with Crippen molar-refractivity contribution in [1.82, 2.24) is 16.1 Å². The molecule has 0 aliphatic carbocycles. The van der Waals surface area contributed by atoms with E-state index in [1.807, 2.05) is 0 Å². The second-order valence-corrected chi connectivity index (χ2v) is 1.94. The number of nitrogens with zero attached hydrogens (tertiary/aromatic N) is 2. The van der Waals surface area contributed by atoms with Crippen LogP contribution in [0.1, 0.15) is 6.92 Å². The lowest BCUT2D eigenvalue weighted by molar-refractivity contribution is -0.135. The first-order valence-corrected chi connectivity index (χ1v) is 3.25. The van der Waals surface area contributed by atoms with Crippen LogP contribution < -0.4 is 11.1 Å². The summed E-state index contributed by atoms with van der Waals surface area (Å²) < 4.78 is 4.70. The summed E-state index contributed by atoms with van der Waals surface area (Å²) in [6, 6.07) is 0. The van der Waals surface area contributed by atoms with Gasteiger partial charge in [0.25, 0.3) is 5.84 Å². The molecule has 0 saturated carbocycles. The highest BCUT2D eigenvalue weighted by molar-refractivity contribution is 6.35. The summed E-state index contributed by atoms with van der Waals surface area (Å²) in [4.78, 5) is 11.0. The van der Waals surface area contributed by atoms with E-state index < -0.39 is 5.97 Å². The monoisotopic (exact) mass is 158 g/mol. The molecule has 0 saturated heterocycles.